The van der Waals surface area contributed by atoms with Crippen LogP contribution in [0.1, 0.15) is 17.9 Å². The average Bonchev–Trinajstić information content (AvgIpc) is 2.31. The summed E-state index contributed by atoms with van der Waals surface area (Å²) in [5.41, 5.74) is 1.23. The van der Waals surface area contributed by atoms with Gasteiger partial charge in [-0.1, -0.05) is 52.3 Å². The molecule has 0 unspecified atom stereocenters. The molecule has 3 heteroatoms. The van der Waals surface area contributed by atoms with Gasteiger partial charge in [-0.2, -0.15) is 0 Å². The summed E-state index contributed by atoms with van der Waals surface area (Å²) in [6.07, 6.45) is 2.80. The lowest BCUT2D eigenvalue weighted by Gasteiger charge is -2.38. The Hall–Kier alpha value is -1.09. The molecule has 2 bridgehead atoms. The lowest BCUT2D eigenvalue weighted by Crippen LogP contribution is -2.40. The largest absolute Gasteiger partial charge is 0.456 e. The van der Waals surface area contributed by atoms with E-state index in [1.54, 1.807) is 0 Å². The molecule has 0 N–H and O–H groups in total. The lowest BCUT2D eigenvalue weighted by molar-refractivity contribution is -0.158. The Morgan fingerprint density at radius 3 is 2.69 bits per heavy atom. The molecule has 16 heavy (non-hydrogen) atoms. The number of ether oxygens (including phenoxy) is 1. The van der Waals surface area contributed by atoms with E-state index in [0.29, 0.717) is 0 Å². The van der Waals surface area contributed by atoms with Crippen LogP contribution in [0.2, 0.25) is 0 Å². The Morgan fingerprint density at radius 2 is 2.00 bits per heavy atom. The Kier molecular flexibility index (Phi) is 2.36. The van der Waals surface area contributed by atoms with Gasteiger partial charge in [-0.15, -0.1) is 0 Å². The molecule has 2 heterocycles. The van der Waals surface area contributed by atoms with Gasteiger partial charge in [0.15, 0.2) is 0 Å². The highest BCUT2D eigenvalue weighted by Crippen LogP contribution is 2.44. The second-order valence-electron chi connectivity index (χ2n) is 4.26. The summed E-state index contributed by atoms with van der Waals surface area (Å²) in [6, 6.07) is 10.2. The minimum Gasteiger partial charge on any atom is -0.456 e. The molecule has 1 aromatic carbocycles. The van der Waals surface area contributed by atoms with Crippen LogP contribution in [-0.2, 0) is 9.53 Å². The first-order chi connectivity index (χ1) is 7.75. The number of carbonyl (C=O) groups is 1. The van der Waals surface area contributed by atoms with Crippen LogP contribution in [0.3, 0.4) is 0 Å². The molecule has 4 rings (SSSR count). The third kappa shape index (κ3) is 1.50. The number of benzene rings is 1. The molecule has 0 amide bonds. The Morgan fingerprint density at radius 1 is 1.25 bits per heavy atom. The topological polar surface area (TPSA) is 26.3 Å². The number of carbonyl (C=O) groups excluding carboxylic acids is 1. The van der Waals surface area contributed by atoms with Crippen LogP contribution in [0.4, 0.5) is 0 Å². The monoisotopic (exact) mass is 278 g/mol. The molecular formula is C13H11BrO2. The van der Waals surface area contributed by atoms with Crippen molar-refractivity contribution in [1.29, 1.82) is 0 Å². The Balaban J connectivity index is 1.98. The summed E-state index contributed by atoms with van der Waals surface area (Å²) < 4.78 is 6.31. The first kappa shape index (κ1) is 10.1. The van der Waals surface area contributed by atoms with Crippen LogP contribution in [0, 0.1) is 5.92 Å². The third-order valence-corrected chi connectivity index (χ3v) is 4.08. The zero-order chi connectivity index (χ0) is 11.1. The number of rotatable bonds is 1. The highest BCUT2D eigenvalue weighted by Gasteiger charge is 2.43. The van der Waals surface area contributed by atoms with Crippen molar-refractivity contribution in [2.45, 2.75) is 18.4 Å². The van der Waals surface area contributed by atoms with Crippen molar-refractivity contribution in [1.82, 2.24) is 0 Å². The number of fused-ring (bicyclic) bond motifs is 2. The maximum absolute atomic E-state index is 11.7. The van der Waals surface area contributed by atoms with E-state index in [4.69, 9.17) is 4.74 Å². The Bertz CT molecular complexity index is 452. The van der Waals surface area contributed by atoms with E-state index in [1.807, 2.05) is 24.3 Å². The fraction of sp³-hybridized carbons (Fsp3) is 0.308. The molecule has 1 aromatic rings. The van der Waals surface area contributed by atoms with Gasteiger partial charge in [-0.3, -0.25) is 4.79 Å². The molecule has 2 aliphatic heterocycles. The van der Waals surface area contributed by atoms with Gasteiger partial charge >= 0.3 is 5.97 Å². The zero-order valence-corrected chi connectivity index (χ0v) is 10.2. The molecule has 1 fully saturated rings. The van der Waals surface area contributed by atoms with Crippen LogP contribution in [0.5, 0.6) is 0 Å². The first-order valence-electron chi connectivity index (χ1n) is 5.38. The number of hydrogen-bond donors (Lipinski definition) is 0. The van der Waals surface area contributed by atoms with E-state index in [2.05, 4.69) is 28.1 Å². The highest BCUT2D eigenvalue weighted by molar-refractivity contribution is 9.11. The van der Waals surface area contributed by atoms with Gasteiger partial charge in [0.2, 0.25) is 0 Å². The van der Waals surface area contributed by atoms with E-state index in [-0.39, 0.29) is 23.9 Å². The van der Waals surface area contributed by atoms with Crippen molar-refractivity contribution in [3.05, 3.63) is 46.5 Å². The van der Waals surface area contributed by atoms with Crippen LogP contribution in [-0.4, -0.2) is 12.1 Å². The standard InChI is InChI=1S/C13H11BrO2/c14-11-6-10-9(7-12(11)16-13(10)15)8-4-2-1-3-5-8/h1-6,9-10,12H,7H2/t9-,10+,12+/m0/s1. The van der Waals surface area contributed by atoms with E-state index >= 15 is 0 Å². The minimum absolute atomic E-state index is 0.0808. The number of hydrogen-bond acceptors (Lipinski definition) is 2. The fourth-order valence-corrected chi connectivity index (χ4v) is 3.05. The Labute approximate surface area is 102 Å². The quantitative estimate of drug-likeness (QED) is 0.739. The zero-order valence-electron chi connectivity index (χ0n) is 8.60. The van der Waals surface area contributed by atoms with Crippen LogP contribution >= 0.6 is 15.9 Å². The van der Waals surface area contributed by atoms with Crippen LogP contribution < -0.4 is 0 Å². The molecule has 3 atom stereocenters. The molecule has 0 saturated carbocycles. The predicted molar refractivity (Wildman–Crippen MR) is 64.2 cm³/mol. The summed E-state index contributed by atoms with van der Waals surface area (Å²) in [5, 5.41) is 0. The van der Waals surface area contributed by atoms with Gasteiger partial charge in [0.1, 0.15) is 6.10 Å². The third-order valence-electron chi connectivity index (χ3n) is 3.31. The first-order valence-corrected chi connectivity index (χ1v) is 6.17. The lowest BCUT2D eigenvalue weighted by atomic mass is 9.76. The van der Waals surface area contributed by atoms with Crippen LogP contribution in [0.25, 0.3) is 0 Å². The maximum atomic E-state index is 11.7. The molecule has 1 aliphatic carbocycles. The average molecular weight is 279 g/mol. The summed E-state index contributed by atoms with van der Waals surface area (Å²) in [6.45, 7) is 0. The van der Waals surface area contributed by atoms with E-state index < -0.39 is 0 Å². The van der Waals surface area contributed by atoms with Crippen LogP contribution in [0.15, 0.2) is 40.9 Å². The van der Waals surface area contributed by atoms with Crippen molar-refractivity contribution in [2.75, 3.05) is 0 Å². The number of esters is 1. The van der Waals surface area contributed by atoms with Crippen molar-refractivity contribution in [2.24, 2.45) is 5.92 Å². The SMILES string of the molecule is O=C1O[C@@H]2C[C@@H](c3ccccc3)[C@H]1C=C2Br. The van der Waals surface area contributed by atoms with E-state index in [1.165, 1.54) is 5.56 Å². The van der Waals surface area contributed by atoms with Crippen molar-refractivity contribution in [3.8, 4) is 0 Å². The fourth-order valence-electron chi connectivity index (χ4n) is 2.48. The molecule has 3 aliphatic rings. The summed E-state index contributed by atoms with van der Waals surface area (Å²) in [5.74, 6) is 0.0591. The second kappa shape index (κ2) is 3.74. The molecular weight excluding hydrogens is 268 g/mol. The van der Waals surface area contributed by atoms with Gasteiger partial charge in [0.05, 0.1) is 5.92 Å². The number of halogens is 1. The highest BCUT2D eigenvalue weighted by atomic mass is 79.9. The molecule has 0 spiro atoms. The second-order valence-corrected chi connectivity index (χ2v) is 5.17. The molecule has 0 aromatic heterocycles. The predicted octanol–water partition coefficient (Wildman–Crippen LogP) is 2.99. The summed E-state index contributed by atoms with van der Waals surface area (Å²) >= 11 is 3.46. The van der Waals surface area contributed by atoms with Gasteiger partial charge in [0.25, 0.3) is 0 Å². The summed E-state index contributed by atoms with van der Waals surface area (Å²) in [4.78, 5) is 11.7. The molecule has 2 nitrogen and oxygen atoms in total. The minimum atomic E-state index is -0.123. The van der Waals surface area contributed by atoms with Gasteiger partial charge in [-0.25, -0.2) is 0 Å². The van der Waals surface area contributed by atoms with Crippen molar-refractivity contribution < 1.29 is 9.53 Å². The maximum Gasteiger partial charge on any atom is 0.314 e. The van der Waals surface area contributed by atoms with Gasteiger partial charge in [0, 0.05) is 10.4 Å². The van der Waals surface area contributed by atoms with E-state index in [9.17, 15) is 4.79 Å². The van der Waals surface area contributed by atoms with Gasteiger partial charge < -0.3 is 4.74 Å². The molecule has 82 valence electrons. The molecule has 1 saturated heterocycles. The van der Waals surface area contributed by atoms with Crippen molar-refractivity contribution >= 4 is 21.9 Å². The van der Waals surface area contributed by atoms with Crippen molar-refractivity contribution in [3.63, 3.8) is 0 Å². The van der Waals surface area contributed by atoms with Gasteiger partial charge in [-0.05, 0) is 12.0 Å². The molecule has 0 radical (unpaired) electrons. The normalized spacial score (nSPS) is 32.2. The summed E-state index contributed by atoms with van der Waals surface area (Å²) in [7, 11) is 0. The smallest absolute Gasteiger partial charge is 0.314 e. The van der Waals surface area contributed by atoms with E-state index in [0.717, 1.165) is 10.9 Å².